The highest BCUT2D eigenvalue weighted by atomic mass is 32.2. The number of hydrogen-bond acceptors (Lipinski definition) is 16. The molecule has 55 heavy (non-hydrogen) atoms. The minimum absolute atomic E-state index is 0.0763. The lowest BCUT2D eigenvalue weighted by molar-refractivity contribution is -0.114. The average Bonchev–Trinajstić information content (AvgIpc) is 3.04. The Morgan fingerprint density at radius 2 is 1.05 bits per heavy atom. The van der Waals surface area contributed by atoms with Crippen LogP contribution in [-0.4, -0.2) is 75.9 Å². The average molecular weight is 860 g/mol. The zero-order valence-corrected chi connectivity index (χ0v) is 30.9. The standard InChI is InChI=1S/C28H21N5O17S5/c1-13(34)29-20-8-9-22(53(42,43)44)19-11-23(54(45,46)47)27(28(35)25(19)20)33-32-26-18-10-16(52(39,40)41)6-7-17(18)21(12-24(26)55(48,49)50)31-30-14-2-4-15(5-3-14)51(36,37)38/h2-12,35H,1H3,(H,29,34)(H,36,37,38)(H,39,40,41)(H,42,43,44)(H,45,46,47)(H,48,49,50). The van der Waals surface area contributed by atoms with E-state index in [1.54, 1.807) is 0 Å². The first-order chi connectivity index (χ1) is 25.2. The van der Waals surface area contributed by atoms with E-state index in [0.29, 0.717) is 18.2 Å². The van der Waals surface area contributed by atoms with Crippen molar-refractivity contribution in [3.8, 4) is 5.75 Å². The summed E-state index contributed by atoms with van der Waals surface area (Å²) in [5.41, 5.74) is -3.17. The molecular weight excluding hydrogens is 839 g/mol. The van der Waals surface area contributed by atoms with Crippen molar-refractivity contribution in [1.29, 1.82) is 0 Å². The molecule has 5 aromatic carbocycles. The van der Waals surface area contributed by atoms with Crippen LogP contribution in [0, 0.1) is 0 Å². The van der Waals surface area contributed by atoms with Gasteiger partial charge in [0.15, 0.2) is 5.75 Å². The summed E-state index contributed by atoms with van der Waals surface area (Å²) in [5.74, 6) is -2.13. The molecule has 290 valence electrons. The van der Waals surface area contributed by atoms with E-state index in [4.69, 9.17) is 0 Å². The number of azo groups is 2. The van der Waals surface area contributed by atoms with Gasteiger partial charge in [0.25, 0.3) is 50.6 Å². The van der Waals surface area contributed by atoms with Crippen molar-refractivity contribution in [2.75, 3.05) is 5.32 Å². The van der Waals surface area contributed by atoms with Crippen LogP contribution in [0.2, 0.25) is 0 Å². The summed E-state index contributed by atoms with van der Waals surface area (Å²) >= 11 is 0. The van der Waals surface area contributed by atoms with Gasteiger partial charge in [-0.2, -0.15) is 47.2 Å². The number of hydrogen-bond donors (Lipinski definition) is 7. The van der Waals surface area contributed by atoms with Gasteiger partial charge in [-0.3, -0.25) is 27.6 Å². The van der Waals surface area contributed by atoms with Gasteiger partial charge in [0.1, 0.15) is 26.1 Å². The molecule has 0 atom stereocenters. The maximum Gasteiger partial charge on any atom is 0.296 e. The molecule has 0 saturated carbocycles. The Kier molecular flexibility index (Phi) is 10.4. The lowest BCUT2D eigenvalue weighted by Crippen LogP contribution is -2.08. The van der Waals surface area contributed by atoms with Crippen molar-refractivity contribution in [3.05, 3.63) is 66.7 Å². The zero-order valence-electron chi connectivity index (χ0n) is 26.9. The topological polar surface area (TPSA) is 371 Å². The van der Waals surface area contributed by atoms with Crippen molar-refractivity contribution in [3.63, 3.8) is 0 Å². The van der Waals surface area contributed by atoms with Crippen LogP contribution in [0.3, 0.4) is 0 Å². The van der Waals surface area contributed by atoms with Crippen LogP contribution in [0.25, 0.3) is 21.5 Å². The van der Waals surface area contributed by atoms with Crippen LogP contribution in [-0.2, 0) is 55.4 Å². The molecule has 0 aliphatic heterocycles. The molecule has 0 aliphatic rings. The molecule has 0 unspecified atom stereocenters. The number of carbonyl (C=O) groups excluding carboxylic acids is 1. The number of aromatic hydroxyl groups is 1. The van der Waals surface area contributed by atoms with E-state index in [1.165, 1.54) is 0 Å². The monoisotopic (exact) mass is 859 g/mol. The fourth-order valence-electron chi connectivity index (χ4n) is 5.03. The molecule has 0 saturated heterocycles. The largest absolute Gasteiger partial charge is 0.505 e. The molecule has 0 heterocycles. The molecule has 0 bridgehead atoms. The number of nitrogens with one attached hydrogen (secondary N) is 1. The third-order valence-corrected chi connectivity index (χ3v) is 11.7. The second-order valence-electron chi connectivity index (χ2n) is 11.0. The van der Waals surface area contributed by atoms with Crippen molar-refractivity contribution >= 4 is 106 Å². The second kappa shape index (κ2) is 14.1. The van der Waals surface area contributed by atoms with E-state index in [1.807, 2.05) is 0 Å². The molecule has 0 fully saturated rings. The van der Waals surface area contributed by atoms with E-state index >= 15 is 0 Å². The smallest absolute Gasteiger partial charge is 0.296 e. The molecule has 5 aromatic rings. The van der Waals surface area contributed by atoms with Crippen LogP contribution in [0.15, 0.2) is 112 Å². The molecule has 0 aromatic heterocycles. The Hall–Kier alpha value is -5.36. The van der Waals surface area contributed by atoms with Crippen molar-refractivity contribution in [2.45, 2.75) is 31.4 Å². The normalized spacial score (nSPS) is 13.3. The summed E-state index contributed by atoms with van der Waals surface area (Å²) in [6, 6.07) is 9.13. The van der Waals surface area contributed by atoms with Gasteiger partial charge in [-0.25, -0.2) is 0 Å². The number of anilines is 1. The van der Waals surface area contributed by atoms with Gasteiger partial charge in [0.05, 0.1) is 32.2 Å². The summed E-state index contributed by atoms with van der Waals surface area (Å²) < 4.78 is 171. The van der Waals surface area contributed by atoms with E-state index < -0.39 is 126 Å². The number of carbonyl (C=O) groups is 1. The Balaban J connectivity index is 1.87. The van der Waals surface area contributed by atoms with Crippen LogP contribution in [0.4, 0.5) is 28.4 Å². The third-order valence-electron chi connectivity index (χ3n) is 7.30. The van der Waals surface area contributed by atoms with E-state index in [0.717, 1.165) is 55.5 Å². The highest BCUT2D eigenvalue weighted by Gasteiger charge is 2.29. The highest BCUT2D eigenvalue weighted by Crippen LogP contribution is 2.47. The van der Waals surface area contributed by atoms with Gasteiger partial charge in [0.2, 0.25) is 5.91 Å². The molecular formula is C28H21N5O17S5. The fourth-order valence-corrected chi connectivity index (χ4v) is 8.00. The van der Waals surface area contributed by atoms with Gasteiger partial charge in [-0.05, 0) is 60.7 Å². The number of phenolic OH excluding ortho intramolecular Hbond substituents is 1. The first-order valence-electron chi connectivity index (χ1n) is 14.2. The fraction of sp³-hybridized carbons (Fsp3) is 0.0357. The maximum absolute atomic E-state index is 12.7. The summed E-state index contributed by atoms with van der Waals surface area (Å²) in [6.07, 6.45) is 0. The van der Waals surface area contributed by atoms with Crippen molar-refractivity contribution < 1.29 is 74.8 Å². The van der Waals surface area contributed by atoms with E-state index in [-0.39, 0.29) is 11.1 Å². The molecule has 7 N–H and O–H groups in total. The third kappa shape index (κ3) is 8.64. The summed E-state index contributed by atoms with van der Waals surface area (Å²) in [6.45, 7) is 0.998. The van der Waals surface area contributed by atoms with Gasteiger partial charge in [-0.15, -0.1) is 15.3 Å². The molecule has 0 radical (unpaired) electrons. The minimum atomic E-state index is -5.54. The maximum atomic E-state index is 12.7. The van der Waals surface area contributed by atoms with Crippen LogP contribution in [0.1, 0.15) is 6.92 Å². The number of fused-ring (bicyclic) bond motifs is 2. The summed E-state index contributed by atoms with van der Waals surface area (Å²) in [5, 5.41) is 26.2. The quantitative estimate of drug-likeness (QED) is 0.0737. The first-order valence-corrected chi connectivity index (χ1v) is 21.4. The number of nitrogens with zero attached hydrogens (tertiary/aromatic N) is 4. The molecule has 0 aliphatic carbocycles. The van der Waals surface area contributed by atoms with Crippen LogP contribution in [0.5, 0.6) is 5.75 Å². The number of amides is 1. The Morgan fingerprint density at radius 1 is 0.527 bits per heavy atom. The lowest BCUT2D eigenvalue weighted by Gasteiger charge is -2.15. The number of phenols is 1. The SMILES string of the molecule is CC(=O)Nc1ccc(S(=O)(=O)O)c2cc(S(=O)(=O)O)c(N=Nc3c(S(=O)(=O)O)cc(N=Nc4ccc(S(=O)(=O)O)cc4)c4ccc(S(=O)(=O)O)cc34)c(O)c12. The van der Waals surface area contributed by atoms with Gasteiger partial charge < -0.3 is 10.4 Å². The number of benzene rings is 5. The van der Waals surface area contributed by atoms with Gasteiger partial charge in [-0.1, -0.05) is 6.07 Å². The Morgan fingerprint density at radius 3 is 1.58 bits per heavy atom. The summed E-state index contributed by atoms with van der Waals surface area (Å²) in [7, 11) is -25.8. The van der Waals surface area contributed by atoms with E-state index in [9.17, 15) is 74.8 Å². The Labute approximate surface area is 309 Å². The minimum Gasteiger partial charge on any atom is -0.505 e. The van der Waals surface area contributed by atoms with Crippen LogP contribution >= 0.6 is 0 Å². The first kappa shape index (κ1) is 40.8. The van der Waals surface area contributed by atoms with Crippen LogP contribution < -0.4 is 5.32 Å². The van der Waals surface area contributed by atoms with Crippen molar-refractivity contribution in [1.82, 2.24) is 0 Å². The van der Waals surface area contributed by atoms with Gasteiger partial charge >= 0.3 is 0 Å². The Bertz CT molecular complexity index is 3110. The van der Waals surface area contributed by atoms with E-state index in [2.05, 4.69) is 25.8 Å². The lowest BCUT2D eigenvalue weighted by atomic mass is 10.1. The van der Waals surface area contributed by atoms with Crippen molar-refractivity contribution in [2.24, 2.45) is 20.5 Å². The number of rotatable bonds is 10. The summed E-state index contributed by atoms with van der Waals surface area (Å²) in [4.78, 5) is 6.86. The molecule has 0 spiro atoms. The predicted octanol–water partition coefficient (Wildman–Crippen LogP) is 4.72. The molecule has 1 amide bonds. The molecule has 5 rings (SSSR count). The predicted molar refractivity (Wildman–Crippen MR) is 188 cm³/mol. The van der Waals surface area contributed by atoms with Gasteiger partial charge in [0, 0.05) is 23.1 Å². The molecule has 27 heteroatoms. The molecule has 22 nitrogen and oxygen atoms in total. The highest BCUT2D eigenvalue weighted by molar-refractivity contribution is 7.87. The zero-order chi connectivity index (χ0) is 41.1. The second-order valence-corrected chi connectivity index (χ2v) is 18.0.